The monoisotopic (exact) mass is 451 g/mol. The molecule has 0 saturated heterocycles. The Morgan fingerprint density at radius 2 is 1.78 bits per heavy atom. The van der Waals surface area contributed by atoms with E-state index in [2.05, 4.69) is 10.6 Å². The Hall–Kier alpha value is -3.71. The lowest BCUT2D eigenvalue weighted by Gasteiger charge is -2.33. The smallest absolute Gasteiger partial charge is 0.323 e. The number of carbonyl (C=O) groups excluding carboxylic acids is 2. The Bertz CT molecular complexity index is 1120. The van der Waals surface area contributed by atoms with E-state index in [0.29, 0.717) is 41.0 Å². The minimum Gasteiger partial charge on any atom is -0.492 e. The fraction of sp³-hybridized carbons (Fsp3) is 0.167. The quantitative estimate of drug-likeness (QED) is 0.541. The van der Waals surface area contributed by atoms with Crippen LogP contribution in [0.3, 0.4) is 0 Å². The van der Waals surface area contributed by atoms with Crippen LogP contribution in [-0.2, 0) is 4.79 Å². The first kappa shape index (κ1) is 21.5. The largest absolute Gasteiger partial charge is 0.492 e. The summed E-state index contributed by atoms with van der Waals surface area (Å²) in [7, 11) is 0. The van der Waals surface area contributed by atoms with Gasteiger partial charge in [-0.1, -0.05) is 35.9 Å². The van der Waals surface area contributed by atoms with Gasteiger partial charge in [-0.3, -0.25) is 4.79 Å². The molecule has 1 unspecified atom stereocenters. The summed E-state index contributed by atoms with van der Waals surface area (Å²) >= 11 is 5.96. The third-order valence-electron chi connectivity index (χ3n) is 4.83. The predicted octanol–water partition coefficient (Wildman–Crippen LogP) is 5.18. The molecule has 0 aromatic heterocycles. The van der Waals surface area contributed by atoms with Crippen LogP contribution in [0.5, 0.6) is 11.5 Å². The van der Waals surface area contributed by atoms with E-state index >= 15 is 0 Å². The summed E-state index contributed by atoms with van der Waals surface area (Å²) in [6.45, 7) is 2.36. The summed E-state index contributed by atoms with van der Waals surface area (Å²) < 4.78 is 11.5. The Balaban J connectivity index is 1.46. The molecule has 4 rings (SSSR count). The minimum absolute atomic E-state index is 0.172. The van der Waals surface area contributed by atoms with E-state index in [0.717, 1.165) is 5.75 Å². The second-order valence-electron chi connectivity index (χ2n) is 7.18. The lowest BCUT2D eigenvalue weighted by Crippen LogP contribution is -2.46. The molecule has 32 heavy (non-hydrogen) atoms. The zero-order valence-electron chi connectivity index (χ0n) is 17.4. The fourth-order valence-corrected chi connectivity index (χ4v) is 3.54. The first-order valence-corrected chi connectivity index (χ1v) is 10.5. The van der Waals surface area contributed by atoms with Crippen molar-refractivity contribution < 1.29 is 19.1 Å². The second-order valence-corrected chi connectivity index (χ2v) is 7.62. The topological polar surface area (TPSA) is 79.9 Å². The molecule has 3 amide bonds. The van der Waals surface area contributed by atoms with Crippen LogP contribution < -0.4 is 25.0 Å². The summed E-state index contributed by atoms with van der Waals surface area (Å²) in [6, 6.07) is 21.0. The number of halogens is 1. The highest BCUT2D eigenvalue weighted by Crippen LogP contribution is 2.36. The number of para-hydroxylation sites is 1. The molecule has 3 aromatic rings. The van der Waals surface area contributed by atoms with E-state index < -0.39 is 12.1 Å². The molecule has 0 bridgehead atoms. The van der Waals surface area contributed by atoms with Gasteiger partial charge in [0.1, 0.15) is 18.1 Å². The Kier molecular flexibility index (Phi) is 6.47. The van der Waals surface area contributed by atoms with Crippen LogP contribution in [0.1, 0.15) is 6.92 Å². The molecule has 0 saturated carbocycles. The van der Waals surface area contributed by atoms with Gasteiger partial charge in [-0.05, 0) is 55.5 Å². The summed E-state index contributed by atoms with van der Waals surface area (Å²) in [5.74, 6) is 1.13. The van der Waals surface area contributed by atoms with Crippen molar-refractivity contribution in [3.05, 3.63) is 77.8 Å². The number of hydrogen-bond acceptors (Lipinski definition) is 4. The van der Waals surface area contributed by atoms with Crippen LogP contribution in [0, 0.1) is 0 Å². The number of ether oxygens (including phenoxy) is 2. The molecule has 0 spiro atoms. The van der Waals surface area contributed by atoms with Crippen molar-refractivity contribution in [2.45, 2.75) is 13.0 Å². The van der Waals surface area contributed by atoms with Crippen molar-refractivity contribution in [3.8, 4) is 11.5 Å². The number of fused-ring (bicyclic) bond motifs is 1. The number of nitrogens with one attached hydrogen (secondary N) is 2. The van der Waals surface area contributed by atoms with Crippen molar-refractivity contribution in [2.24, 2.45) is 0 Å². The second kappa shape index (κ2) is 9.62. The highest BCUT2D eigenvalue weighted by atomic mass is 35.5. The summed E-state index contributed by atoms with van der Waals surface area (Å²) in [5, 5.41) is 6.02. The number of nitrogens with zero attached hydrogens (tertiary/aromatic N) is 1. The molecular formula is C24H22ClN3O4. The van der Waals surface area contributed by atoms with Crippen LogP contribution >= 0.6 is 11.6 Å². The van der Waals surface area contributed by atoms with Gasteiger partial charge in [0.05, 0.1) is 12.2 Å². The first-order valence-electron chi connectivity index (χ1n) is 10.1. The van der Waals surface area contributed by atoms with Gasteiger partial charge in [-0.2, -0.15) is 0 Å². The zero-order chi connectivity index (χ0) is 22.5. The molecule has 8 heteroatoms. The SMILES string of the molecule is CC1Oc2ccc(NC(=O)Nc3cccc(Cl)c3)cc2N(CCOc2ccccc2)C1=O. The van der Waals surface area contributed by atoms with E-state index in [4.69, 9.17) is 21.1 Å². The molecule has 164 valence electrons. The normalized spacial score (nSPS) is 14.9. The Morgan fingerprint density at radius 3 is 2.53 bits per heavy atom. The maximum atomic E-state index is 12.8. The van der Waals surface area contributed by atoms with Crippen molar-refractivity contribution in [1.82, 2.24) is 0 Å². The number of amides is 3. The van der Waals surface area contributed by atoms with E-state index in [1.54, 1.807) is 54.3 Å². The third-order valence-corrected chi connectivity index (χ3v) is 5.07. The van der Waals surface area contributed by atoms with E-state index in [-0.39, 0.29) is 5.91 Å². The van der Waals surface area contributed by atoms with Crippen LogP contribution in [-0.4, -0.2) is 31.2 Å². The first-order chi connectivity index (χ1) is 15.5. The third kappa shape index (κ3) is 5.12. The van der Waals surface area contributed by atoms with Crippen molar-refractivity contribution in [2.75, 3.05) is 28.7 Å². The van der Waals surface area contributed by atoms with Gasteiger partial charge in [0, 0.05) is 16.4 Å². The van der Waals surface area contributed by atoms with Gasteiger partial charge in [0.25, 0.3) is 5.91 Å². The van der Waals surface area contributed by atoms with E-state index in [1.807, 2.05) is 30.3 Å². The molecule has 2 N–H and O–H groups in total. The number of carbonyl (C=O) groups is 2. The van der Waals surface area contributed by atoms with Gasteiger partial charge >= 0.3 is 6.03 Å². The molecule has 1 atom stereocenters. The van der Waals surface area contributed by atoms with Crippen molar-refractivity contribution in [1.29, 1.82) is 0 Å². The van der Waals surface area contributed by atoms with Crippen LogP contribution in [0.25, 0.3) is 0 Å². The fourth-order valence-electron chi connectivity index (χ4n) is 3.35. The molecule has 0 radical (unpaired) electrons. The minimum atomic E-state index is -0.607. The molecule has 7 nitrogen and oxygen atoms in total. The van der Waals surface area contributed by atoms with Gasteiger partial charge in [-0.15, -0.1) is 0 Å². The van der Waals surface area contributed by atoms with E-state index in [1.165, 1.54) is 0 Å². The van der Waals surface area contributed by atoms with E-state index in [9.17, 15) is 9.59 Å². The molecular weight excluding hydrogens is 430 g/mol. The zero-order valence-corrected chi connectivity index (χ0v) is 18.1. The van der Waals surface area contributed by atoms with Gasteiger partial charge in [-0.25, -0.2) is 4.79 Å². The molecule has 3 aromatic carbocycles. The van der Waals surface area contributed by atoms with Crippen LogP contribution in [0.15, 0.2) is 72.8 Å². The lowest BCUT2D eigenvalue weighted by atomic mass is 10.1. The summed E-state index contributed by atoms with van der Waals surface area (Å²) in [4.78, 5) is 26.8. The summed E-state index contributed by atoms with van der Waals surface area (Å²) in [5.41, 5.74) is 1.66. The average Bonchev–Trinajstić information content (AvgIpc) is 2.77. The van der Waals surface area contributed by atoms with Gasteiger partial charge in [0.15, 0.2) is 6.10 Å². The molecule has 0 fully saturated rings. The summed E-state index contributed by atoms with van der Waals surface area (Å²) in [6.07, 6.45) is -0.607. The van der Waals surface area contributed by atoms with Crippen molar-refractivity contribution in [3.63, 3.8) is 0 Å². The highest BCUT2D eigenvalue weighted by Gasteiger charge is 2.31. The van der Waals surface area contributed by atoms with Gasteiger partial charge < -0.3 is 25.0 Å². The van der Waals surface area contributed by atoms with Gasteiger partial charge in [0.2, 0.25) is 0 Å². The average molecular weight is 452 g/mol. The standard InChI is InChI=1S/C24H22ClN3O4/c1-16-23(29)28(12-13-31-20-8-3-2-4-9-20)21-15-19(10-11-22(21)32-16)27-24(30)26-18-7-5-6-17(25)14-18/h2-11,14-16H,12-13H2,1H3,(H2,26,27,30). The Labute approximate surface area is 190 Å². The van der Waals surface area contributed by atoms with Crippen LogP contribution in [0.4, 0.5) is 21.9 Å². The lowest BCUT2D eigenvalue weighted by molar-refractivity contribution is -0.125. The number of anilines is 3. The maximum Gasteiger partial charge on any atom is 0.323 e. The molecule has 0 aliphatic carbocycles. The molecule has 1 aliphatic heterocycles. The van der Waals surface area contributed by atoms with Crippen LogP contribution in [0.2, 0.25) is 5.02 Å². The number of benzene rings is 3. The predicted molar refractivity (Wildman–Crippen MR) is 125 cm³/mol. The molecule has 1 heterocycles. The maximum absolute atomic E-state index is 12.8. The molecule has 1 aliphatic rings. The number of rotatable bonds is 6. The Morgan fingerprint density at radius 1 is 1.03 bits per heavy atom. The number of urea groups is 1. The number of hydrogen-bond donors (Lipinski definition) is 2. The highest BCUT2D eigenvalue weighted by molar-refractivity contribution is 6.30. The van der Waals surface area contributed by atoms with Crippen molar-refractivity contribution >= 4 is 40.6 Å².